The van der Waals surface area contributed by atoms with Gasteiger partial charge in [-0.1, -0.05) is 0 Å². The van der Waals surface area contributed by atoms with E-state index < -0.39 is 15.7 Å². The summed E-state index contributed by atoms with van der Waals surface area (Å²) in [6.45, 7) is 1.86. The SMILES string of the molecule is CC(=Nc1ccc(S(=O)(=O)c2ccc(F)cc2)cc1)N(C)C. The molecule has 2 aromatic rings. The summed E-state index contributed by atoms with van der Waals surface area (Å²) in [6, 6.07) is 11.1. The normalized spacial score (nSPS) is 12.3. The van der Waals surface area contributed by atoms with Gasteiger partial charge in [-0.05, 0) is 55.5 Å². The molecule has 0 heterocycles. The Labute approximate surface area is 129 Å². The van der Waals surface area contributed by atoms with Gasteiger partial charge in [-0.25, -0.2) is 17.8 Å². The zero-order chi connectivity index (χ0) is 16.3. The number of hydrogen-bond acceptors (Lipinski definition) is 3. The minimum Gasteiger partial charge on any atom is -0.366 e. The fraction of sp³-hybridized carbons (Fsp3) is 0.188. The van der Waals surface area contributed by atoms with Crippen LogP contribution in [0.2, 0.25) is 0 Å². The van der Waals surface area contributed by atoms with E-state index in [-0.39, 0.29) is 9.79 Å². The van der Waals surface area contributed by atoms with Crippen molar-refractivity contribution >= 4 is 21.4 Å². The highest BCUT2D eigenvalue weighted by Gasteiger charge is 2.17. The molecule has 0 unspecified atom stereocenters. The number of nitrogens with zero attached hydrogens (tertiary/aromatic N) is 2. The standard InChI is InChI=1S/C16H17FN2O2S/c1-12(19(2)3)18-14-6-10-16(11-7-14)22(20,21)15-8-4-13(17)5-9-15/h4-11H,1-3H3. The van der Waals surface area contributed by atoms with Gasteiger partial charge in [-0.2, -0.15) is 0 Å². The largest absolute Gasteiger partial charge is 0.366 e. The Kier molecular flexibility index (Phi) is 4.61. The van der Waals surface area contributed by atoms with Crippen molar-refractivity contribution in [2.24, 2.45) is 4.99 Å². The predicted octanol–water partition coefficient (Wildman–Crippen LogP) is 3.27. The summed E-state index contributed by atoms with van der Waals surface area (Å²) in [6.07, 6.45) is 0. The third kappa shape index (κ3) is 3.51. The quantitative estimate of drug-likeness (QED) is 0.495. The molecule has 0 saturated carbocycles. The van der Waals surface area contributed by atoms with Crippen LogP contribution < -0.4 is 0 Å². The van der Waals surface area contributed by atoms with Gasteiger partial charge in [0, 0.05) is 14.1 Å². The van der Waals surface area contributed by atoms with Crippen molar-refractivity contribution in [2.45, 2.75) is 16.7 Å². The molecule has 0 atom stereocenters. The van der Waals surface area contributed by atoms with Crippen molar-refractivity contribution in [1.29, 1.82) is 0 Å². The molecule has 0 fully saturated rings. The third-order valence-electron chi connectivity index (χ3n) is 3.21. The van der Waals surface area contributed by atoms with E-state index in [1.54, 1.807) is 12.1 Å². The van der Waals surface area contributed by atoms with Gasteiger partial charge in [0.15, 0.2) is 0 Å². The first-order valence-corrected chi connectivity index (χ1v) is 8.12. The first-order valence-electron chi connectivity index (χ1n) is 6.64. The second-order valence-electron chi connectivity index (χ2n) is 5.00. The Bertz CT molecular complexity index is 780. The Hall–Kier alpha value is -2.21. The van der Waals surface area contributed by atoms with Gasteiger partial charge in [0.25, 0.3) is 0 Å². The lowest BCUT2D eigenvalue weighted by atomic mass is 10.3. The highest BCUT2D eigenvalue weighted by atomic mass is 32.2. The summed E-state index contributed by atoms with van der Waals surface area (Å²) < 4.78 is 37.7. The van der Waals surface area contributed by atoms with Gasteiger partial charge < -0.3 is 4.90 Å². The molecule has 0 saturated heterocycles. The minimum absolute atomic E-state index is 0.0645. The Balaban J connectivity index is 2.34. The molecule has 0 amide bonds. The summed E-state index contributed by atoms with van der Waals surface area (Å²) >= 11 is 0. The monoisotopic (exact) mass is 320 g/mol. The summed E-state index contributed by atoms with van der Waals surface area (Å²) in [5, 5.41) is 0. The van der Waals surface area contributed by atoms with Crippen LogP contribution in [-0.4, -0.2) is 33.2 Å². The number of rotatable bonds is 3. The van der Waals surface area contributed by atoms with Crippen molar-refractivity contribution in [3.8, 4) is 0 Å². The molecule has 2 rings (SSSR count). The lowest BCUT2D eigenvalue weighted by Crippen LogP contribution is -2.17. The molecule has 0 N–H and O–H groups in total. The fourth-order valence-corrected chi connectivity index (χ4v) is 3.00. The Morgan fingerprint density at radius 2 is 1.41 bits per heavy atom. The Morgan fingerprint density at radius 3 is 1.86 bits per heavy atom. The third-order valence-corrected chi connectivity index (χ3v) is 4.99. The number of aliphatic imine (C=N–C) groups is 1. The van der Waals surface area contributed by atoms with E-state index in [2.05, 4.69) is 4.99 Å². The van der Waals surface area contributed by atoms with E-state index in [1.807, 2.05) is 25.9 Å². The van der Waals surface area contributed by atoms with Crippen molar-refractivity contribution in [1.82, 2.24) is 4.90 Å². The number of benzene rings is 2. The number of sulfone groups is 1. The molecule has 0 aliphatic heterocycles. The van der Waals surface area contributed by atoms with Gasteiger partial charge in [0.05, 0.1) is 15.5 Å². The molecule has 0 aliphatic carbocycles. The lowest BCUT2D eigenvalue weighted by Gasteiger charge is -2.11. The van der Waals surface area contributed by atoms with Crippen LogP contribution >= 0.6 is 0 Å². The summed E-state index contributed by atoms with van der Waals surface area (Å²) in [7, 11) is 0.119. The van der Waals surface area contributed by atoms with Crippen LogP contribution in [-0.2, 0) is 9.84 Å². The maximum atomic E-state index is 12.9. The van der Waals surface area contributed by atoms with E-state index in [4.69, 9.17) is 0 Å². The average molecular weight is 320 g/mol. The topological polar surface area (TPSA) is 49.7 Å². The maximum absolute atomic E-state index is 12.9. The smallest absolute Gasteiger partial charge is 0.206 e. The molecule has 0 spiro atoms. The zero-order valence-electron chi connectivity index (χ0n) is 12.6. The van der Waals surface area contributed by atoms with Gasteiger partial charge in [-0.15, -0.1) is 0 Å². The van der Waals surface area contributed by atoms with Crippen molar-refractivity contribution in [3.05, 3.63) is 54.3 Å². The van der Waals surface area contributed by atoms with E-state index in [9.17, 15) is 12.8 Å². The van der Waals surface area contributed by atoms with Crippen LogP contribution in [0, 0.1) is 5.82 Å². The number of halogens is 1. The van der Waals surface area contributed by atoms with Crippen molar-refractivity contribution in [3.63, 3.8) is 0 Å². The van der Waals surface area contributed by atoms with E-state index >= 15 is 0 Å². The molecule has 0 bridgehead atoms. The van der Waals surface area contributed by atoms with Crippen LogP contribution in [0.25, 0.3) is 0 Å². The van der Waals surface area contributed by atoms with Crippen LogP contribution in [0.4, 0.5) is 10.1 Å². The maximum Gasteiger partial charge on any atom is 0.206 e. The predicted molar refractivity (Wildman–Crippen MR) is 84.7 cm³/mol. The van der Waals surface area contributed by atoms with Crippen molar-refractivity contribution < 1.29 is 12.8 Å². The minimum atomic E-state index is -3.64. The van der Waals surface area contributed by atoms with Crippen LogP contribution in [0.15, 0.2) is 63.3 Å². The van der Waals surface area contributed by atoms with Gasteiger partial charge >= 0.3 is 0 Å². The molecule has 116 valence electrons. The van der Waals surface area contributed by atoms with E-state index in [1.165, 1.54) is 24.3 Å². The average Bonchev–Trinajstić information content (AvgIpc) is 2.48. The lowest BCUT2D eigenvalue weighted by molar-refractivity contribution is 0.595. The number of amidine groups is 1. The molecule has 0 aliphatic rings. The summed E-state index contributed by atoms with van der Waals surface area (Å²) in [5.74, 6) is 0.344. The molecular formula is C16H17FN2O2S. The van der Waals surface area contributed by atoms with E-state index in [0.29, 0.717) is 5.69 Å². The van der Waals surface area contributed by atoms with Gasteiger partial charge in [0.1, 0.15) is 11.7 Å². The first-order chi connectivity index (χ1) is 10.3. The molecule has 0 aromatic heterocycles. The van der Waals surface area contributed by atoms with Gasteiger partial charge in [0.2, 0.25) is 9.84 Å². The van der Waals surface area contributed by atoms with Crippen molar-refractivity contribution in [2.75, 3.05) is 14.1 Å². The second kappa shape index (κ2) is 6.27. The highest BCUT2D eigenvalue weighted by molar-refractivity contribution is 7.91. The number of hydrogen-bond donors (Lipinski definition) is 0. The van der Waals surface area contributed by atoms with E-state index in [0.717, 1.165) is 18.0 Å². The van der Waals surface area contributed by atoms with Crippen LogP contribution in [0.5, 0.6) is 0 Å². The van der Waals surface area contributed by atoms with Gasteiger partial charge in [-0.3, -0.25) is 0 Å². The zero-order valence-corrected chi connectivity index (χ0v) is 13.4. The second-order valence-corrected chi connectivity index (χ2v) is 6.95. The summed E-state index contributed by atoms with van der Waals surface area (Å²) in [4.78, 5) is 6.45. The molecule has 2 aromatic carbocycles. The van der Waals surface area contributed by atoms with Crippen LogP contribution in [0.1, 0.15) is 6.92 Å². The molecule has 6 heteroatoms. The Morgan fingerprint density at radius 1 is 0.955 bits per heavy atom. The molecular weight excluding hydrogens is 303 g/mol. The highest BCUT2D eigenvalue weighted by Crippen LogP contribution is 2.23. The fourth-order valence-electron chi connectivity index (χ4n) is 1.74. The molecule has 0 radical (unpaired) electrons. The first kappa shape index (κ1) is 16.2. The molecule has 4 nitrogen and oxygen atoms in total. The van der Waals surface area contributed by atoms with Crippen LogP contribution in [0.3, 0.4) is 0 Å². The summed E-state index contributed by atoms with van der Waals surface area (Å²) in [5.41, 5.74) is 0.671. The molecule has 22 heavy (non-hydrogen) atoms.